The third-order valence-electron chi connectivity index (χ3n) is 2.13. The molecule has 0 aliphatic rings. The average molecular weight is 275 g/mol. The molecule has 1 aromatic carbocycles. The fourth-order valence-electron chi connectivity index (χ4n) is 1.19. The van der Waals surface area contributed by atoms with E-state index in [2.05, 4.69) is 5.32 Å². The van der Waals surface area contributed by atoms with Gasteiger partial charge in [-0.3, -0.25) is 4.79 Å². The molecule has 2 N–H and O–H groups in total. The molecular weight excluding hydrogens is 265 g/mol. The van der Waals surface area contributed by atoms with Gasteiger partial charge in [0.1, 0.15) is 11.6 Å². The lowest BCUT2D eigenvalue weighted by molar-refractivity contribution is -0.118. The van der Waals surface area contributed by atoms with E-state index in [4.69, 9.17) is 5.11 Å². The number of carbonyl (C=O) groups is 2. The van der Waals surface area contributed by atoms with Gasteiger partial charge < -0.3 is 10.4 Å². The van der Waals surface area contributed by atoms with E-state index in [1.165, 1.54) is 7.05 Å². The molecule has 18 heavy (non-hydrogen) atoms. The van der Waals surface area contributed by atoms with Crippen molar-refractivity contribution in [3.05, 3.63) is 29.6 Å². The number of nitrogens with one attached hydrogen (secondary N) is 1. The zero-order valence-electron chi connectivity index (χ0n) is 9.31. The number of carboxylic acid groups (broad SMARTS) is 1. The first kappa shape index (κ1) is 14.1. The molecule has 0 heterocycles. The number of amides is 1. The van der Waals surface area contributed by atoms with Crippen LogP contribution in [0.25, 0.3) is 0 Å². The fraction of sp³-hybridized carbons (Fsp3) is 0.200. The van der Waals surface area contributed by atoms with Crippen LogP contribution in [-0.4, -0.2) is 38.2 Å². The summed E-state index contributed by atoms with van der Waals surface area (Å²) in [5.74, 6) is -4.18. The first-order chi connectivity index (χ1) is 8.27. The molecule has 0 unspecified atom stereocenters. The quantitative estimate of drug-likeness (QED) is 0.756. The Bertz CT molecular complexity index is 596. The summed E-state index contributed by atoms with van der Waals surface area (Å²) in [4.78, 5) is 21.3. The number of benzene rings is 1. The Kier molecular flexibility index (Phi) is 4.02. The molecule has 0 radical (unpaired) electrons. The lowest BCUT2D eigenvalue weighted by atomic mass is 10.2. The molecule has 0 aromatic heterocycles. The van der Waals surface area contributed by atoms with Gasteiger partial charge in [-0.25, -0.2) is 17.6 Å². The molecule has 0 saturated carbocycles. The van der Waals surface area contributed by atoms with Gasteiger partial charge in [0.15, 0.2) is 9.84 Å². The molecule has 0 fully saturated rings. The van der Waals surface area contributed by atoms with Crippen molar-refractivity contribution in [3.8, 4) is 0 Å². The van der Waals surface area contributed by atoms with Crippen molar-refractivity contribution >= 4 is 21.7 Å². The Balaban J connectivity index is 3.22. The highest BCUT2D eigenvalue weighted by molar-refractivity contribution is 7.92. The van der Waals surface area contributed by atoms with Crippen molar-refractivity contribution in [1.29, 1.82) is 0 Å². The van der Waals surface area contributed by atoms with Crippen molar-refractivity contribution in [2.75, 3.05) is 12.8 Å². The summed E-state index contributed by atoms with van der Waals surface area (Å²) in [7, 11) is -2.72. The number of rotatable bonds is 4. The van der Waals surface area contributed by atoms with Crippen molar-refractivity contribution in [1.82, 2.24) is 5.32 Å². The third-order valence-corrected chi connectivity index (χ3v) is 3.74. The van der Waals surface area contributed by atoms with Crippen LogP contribution in [0.5, 0.6) is 0 Å². The molecule has 1 rings (SSSR count). The predicted molar refractivity (Wildman–Crippen MR) is 59.5 cm³/mol. The van der Waals surface area contributed by atoms with Gasteiger partial charge in [-0.1, -0.05) is 0 Å². The molecule has 1 amide bonds. The van der Waals surface area contributed by atoms with Gasteiger partial charge in [-0.15, -0.1) is 0 Å². The van der Waals surface area contributed by atoms with Crippen LogP contribution in [0.3, 0.4) is 0 Å². The van der Waals surface area contributed by atoms with E-state index in [9.17, 15) is 22.4 Å². The van der Waals surface area contributed by atoms with E-state index in [0.717, 1.165) is 12.1 Å². The Morgan fingerprint density at radius 2 is 2.00 bits per heavy atom. The zero-order valence-corrected chi connectivity index (χ0v) is 10.1. The second-order valence-corrected chi connectivity index (χ2v) is 5.37. The van der Waals surface area contributed by atoms with Crippen molar-refractivity contribution in [2.24, 2.45) is 0 Å². The van der Waals surface area contributed by atoms with E-state index in [-0.39, 0.29) is 0 Å². The monoisotopic (exact) mass is 275 g/mol. The summed E-state index contributed by atoms with van der Waals surface area (Å²) in [5, 5.41) is 10.8. The van der Waals surface area contributed by atoms with E-state index in [1.54, 1.807) is 0 Å². The summed E-state index contributed by atoms with van der Waals surface area (Å²) in [6.07, 6.45) is 0. The molecule has 0 spiro atoms. The predicted octanol–water partition coefficient (Wildman–Crippen LogP) is 0.0436. The third kappa shape index (κ3) is 3.04. The van der Waals surface area contributed by atoms with E-state index >= 15 is 0 Å². The Morgan fingerprint density at radius 1 is 1.39 bits per heavy atom. The maximum Gasteiger partial charge on any atom is 0.338 e. The Morgan fingerprint density at radius 3 is 2.50 bits per heavy atom. The number of hydrogen-bond donors (Lipinski definition) is 2. The van der Waals surface area contributed by atoms with Crippen molar-refractivity contribution in [3.63, 3.8) is 0 Å². The smallest absolute Gasteiger partial charge is 0.338 e. The highest BCUT2D eigenvalue weighted by atomic mass is 32.2. The lowest BCUT2D eigenvalue weighted by Gasteiger charge is -2.05. The van der Waals surface area contributed by atoms with Crippen LogP contribution in [-0.2, 0) is 14.6 Å². The minimum absolute atomic E-state index is 0.412. The van der Waals surface area contributed by atoms with Gasteiger partial charge in [0.25, 0.3) is 0 Å². The number of hydrogen-bond acceptors (Lipinski definition) is 4. The maximum atomic E-state index is 13.1. The second-order valence-electron chi connectivity index (χ2n) is 3.38. The van der Waals surface area contributed by atoms with E-state index in [1.807, 2.05) is 0 Å². The number of sulfone groups is 1. The van der Waals surface area contributed by atoms with Gasteiger partial charge >= 0.3 is 5.97 Å². The lowest BCUT2D eigenvalue weighted by Crippen LogP contribution is -2.27. The maximum absolute atomic E-state index is 13.1. The number of carboxylic acids is 1. The summed E-state index contributed by atoms with van der Waals surface area (Å²) in [6, 6.07) is 2.34. The van der Waals surface area contributed by atoms with Gasteiger partial charge in [-0.2, -0.15) is 0 Å². The van der Waals surface area contributed by atoms with Crippen LogP contribution in [0.2, 0.25) is 0 Å². The topological polar surface area (TPSA) is 101 Å². The van der Waals surface area contributed by atoms with Crippen molar-refractivity contribution < 1.29 is 27.5 Å². The summed E-state index contributed by atoms with van der Waals surface area (Å²) in [5.41, 5.74) is -0.756. The molecule has 1 aromatic rings. The van der Waals surface area contributed by atoms with Crippen LogP contribution in [0.15, 0.2) is 23.1 Å². The van der Waals surface area contributed by atoms with Gasteiger partial charge in [-0.05, 0) is 18.2 Å². The first-order valence-electron chi connectivity index (χ1n) is 4.74. The molecule has 0 aliphatic heterocycles. The first-order valence-corrected chi connectivity index (χ1v) is 6.39. The molecule has 0 saturated heterocycles. The number of carbonyl (C=O) groups excluding carboxylic acids is 1. The second kappa shape index (κ2) is 5.13. The highest BCUT2D eigenvalue weighted by Crippen LogP contribution is 2.16. The van der Waals surface area contributed by atoms with Crippen LogP contribution < -0.4 is 5.32 Å². The minimum atomic E-state index is -3.99. The van der Waals surface area contributed by atoms with E-state index in [0.29, 0.717) is 6.07 Å². The van der Waals surface area contributed by atoms with Gasteiger partial charge in [0, 0.05) is 7.05 Å². The highest BCUT2D eigenvalue weighted by Gasteiger charge is 2.21. The van der Waals surface area contributed by atoms with Crippen LogP contribution in [0, 0.1) is 5.82 Å². The van der Waals surface area contributed by atoms with Crippen LogP contribution in [0.1, 0.15) is 10.4 Å². The molecule has 0 bridgehead atoms. The number of halogens is 1. The minimum Gasteiger partial charge on any atom is -0.478 e. The van der Waals surface area contributed by atoms with Crippen LogP contribution in [0.4, 0.5) is 4.39 Å². The van der Waals surface area contributed by atoms with E-state index < -0.39 is 43.7 Å². The Hall–Kier alpha value is -1.96. The van der Waals surface area contributed by atoms with Crippen molar-refractivity contribution in [2.45, 2.75) is 4.90 Å². The molecular formula is C10H10FNO5S. The standard InChI is InChI=1S/C10H10FNO5S/c1-12-9(13)5-18(16,17)6-2-3-8(11)7(4-6)10(14)15/h2-4H,5H2,1H3,(H,12,13)(H,14,15). The molecule has 0 atom stereocenters. The summed E-state index contributed by atoms with van der Waals surface area (Å²) < 4.78 is 36.5. The molecule has 8 heteroatoms. The molecule has 98 valence electrons. The summed E-state index contributed by atoms with van der Waals surface area (Å²) >= 11 is 0. The zero-order chi connectivity index (χ0) is 13.9. The number of aromatic carboxylic acids is 1. The van der Waals surface area contributed by atoms with Gasteiger partial charge in [0.2, 0.25) is 5.91 Å². The largest absolute Gasteiger partial charge is 0.478 e. The average Bonchev–Trinajstić information content (AvgIpc) is 2.28. The van der Waals surface area contributed by atoms with Crippen LogP contribution >= 0.6 is 0 Å². The Labute approximate surface area is 102 Å². The molecule has 6 nitrogen and oxygen atoms in total. The van der Waals surface area contributed by atoms with Gasteiger partial charge in [0.05, 0.1) is 10.5 Å². The fourth-order valence-corrected chi connectivity index (χ4v) is 2.42. The summed E-state index contributed by atoms with van der Waals surface area (Å²) in [6.45, 7) is 0. The normalized spacial score (nSPS) is 11.0. The molecule has 0 aliphatic carbocycles. The SMILES string of the molecule is CNC(=O)CS(=O)(=O)c1ccc(F)c(C(=O)O)c1.